The van der Waals surface area contributed by atoms with Gasteiger partial charge >= 0.3 is 0 Å². The van der Waals surface area contributed by atoms with Gasteiger partial charge in [0.25, 0.3) is 0 Å². The number of hydrogen-bond acceptors (Lipinski definition) is 5. The number of aromatic nitrogens is 4. The third kappa shape index (κ3) is 1.84. The Labute approximate surface area is 108 Å². The van der Waals surface area contributed by atoms with Crippen LogP contribution in [-0.2, 0) is 0 Å². The second-order valence-electron chi connectivity index (χ2n) is 4.00. The summed E-state index contributed by atoms with van der Waals surface area (Å²) >= 11 is 1.72. The van der Waals surface area contributed by atoms with Crippen LogP contribution >= 0.6 is 11.3 Å². The SMILES string of the molecule is CCNc1nc(-c2csc(C)c2)c2cn[nH]c2n1. The molecule has 0 saturated carbocycles. The standard InChI is InChI=1S/C12H13N5S/c1-3-13-12-15-10(8-4-7(2)18-6-8)9-5-14-17-11(9)16-12/h4-6H,3H2,1-2H3,(H2,13,14,15,16,17). The highest BCUT2D eigenvalue weighted by Gasteiger charge is 2.12. The van der Waals surface area contributed by atoms with E-state index in [1.165, 1.54) is 4.88 Å². The quantitative estimate of drug-likeness (QED) is 0.759. The Hall–Kier alpha value is -1.95. The first-order valence-corrected chi connectivity index (χ1v) is 6.66. The van der Waals surface area contributed by atoms with Gasteiger partial charge in [-0.15, -0.1) is 11.3 Å². The van der Waals surface area contributed by atoms with Crippen molar-refractivity contribution in [1.29, 1.82) is 0 Å². The summed E-state index contributed by atoms with van der Waals surface area (Å²) in [6, 6.07) is 2.13. The molecule has 6 heteroatoms. The lowest BCUT2D eigenvalue weighted by molar-refractivity contribution is 1.07. The normalized spacial score (nSPS) is 11.0. The van der Waals surface area contributed by atoms with Gasteiger partial charge in [0.2, 0.25) is 5.95 Å². The van der Waals surface area contributed by atoms with E-state index >= 15 is 0 Å². The van der Waals surface area contributed by atoms with Crippen molar-refractivity contribution < 1.29 is 0 Å². The van der Waals surface area contributed by atoms with Gasteiger partial charge in [-0.3, -0.25) is 5.10 Å². The zero-order chi connectivity index (χ0) is 12.5. The molecule has 3 rings (SSSR count). The lowest BCUT2D eigenvalue weighted by atomic mass is 10.2. The molecule has 0 amide bonds. The first kappa shape index (κ1) is 11.2. The Morgan fingerprint density at radius 1 is 1.39 bits per heavy atom. The number of fused-ring (bicyclic) bond motifs is 1. The summed E-state index contributed by atoms with van der Waals surface area (Å²) in [7, 11) is 0. The molecule has 0 aliphatic carbocycles. The fraction of sp³-hybridized carbons (Fsp3) is 0.250. The number of rotatable bonds is 3. The van der Waals surface area contributed by atoms with E-state index in [0.717, 1.165) is 28.8 Å². The Morgan fingerprint density at radius 3 is 3.00 bits per heavy atom. The molecule has 0 saturated heterocycles. The van der Waals surface area contributed by atoms with Gasteiger partial charge in [0.05, 0.1) is 17.3 Å². The van der Waals surface area contributed by atoms with Crippen LogP contribution in [0.2, 0.25) is 0 Å². The molecule has 0 spiro atoms. The summed E-state index contributed by atoms with van der Waals surface area (Å²) in [5, 5.41) is 13.1. The molecule has 0 atom stereocenters. The Kier molecular flexibility index (Phi) is 2.71. The van der Waals surface area contributed by atoms with Gasteiger partial charge in [-0.25, -0.2) is 4.98 Å². The fourth-order valence-corrected chi connectivity index (χ4v) is 2.55. The highest BCUT2D eigenvalue weighted by Crippen LogP contribution is 2.29. The summed E-state index contributed by atoms with van der Waals surface area (Å²) in [4.78, 5) is 10.2. The molecule has 0 aliphatic heterocycles. The number of anilines is 1. The first-order valence-electron chi connectivity index (χ1n) is 5.78. The minimum Gasteiger partial charge on any atom is -0.354 e. The van der Waals surface area contributed by atoms with Crippen LogP contribution in [0.1, 0.15) is 11.8 Å². The van der Waals surface area contributed by atoms with Crippen LogP contribution in [0.15, 0.2) is 17.6 Å². The van der Waals surface area contributed by atoms with E-state index in [-0.39, 0.29) is 0 Å². The second-order valence-corrected chi connectivity index (χ2v) is 5.12. The minimum absolute atomic E-state index is 0.633. The monoisotopic (exact) mass is 259 g/mol. The summed E-state index contributed by atoms with van der Waals surface area (Å²) in [5.41, 5.74) is 2.80. The van der Waals surface area contributed by atoms with Gasteiger partial charge in [-0.2, -0.15) is 10.1 Å². The molecular weight excluding hydrogens is 246 g/mol. The van der Waals surface area contributed by atoms with Gasteiger partial charge in [0.1, 0.15) is 0 Å². The van der Waals surface area contributed by atoms with E-state index in [4.69, 9.17) is 0 Å². The smallest absolute Gasteiger partial charge is 0.225 e. The average molecular weight is 259 g/mol. The number of hydrogen-bond donors (Lipinski definition) is 2. The zero-order valence-corrected chi connectivity index (χ0v) is 11.0. The third-order valence-electron chi connectivity index (χ3n) is 2.65. The van der Waals surface area contributed by atoms with Crippen LogP contribution in [0.3, 0.4) is 0 Å². The molecule has 0 unspecified atom stereocenters. The van der Waals surface area contributed by atoms with Crippen molar-refractivity contribution in [2.24, 2.45) is 0 Å². The maximum absolute atomic E-state index is 4.57. The first-order chi connectivity index (χ1) is 8.78. The molecule has 0 fully saturated rings. The van der Waals surface area contributed by atoms with Gasteiger partial charge < -0.3 is 5.32 Å². The maximum Gasteiger partial charge on any atom is 0.225 e. The molecule has 3 aromatic rings. The van der Waals surface area contributed by atoms with Gasteiger partial charge in [0, 0.05) is 22.4 Å². The Morgan fingerprint density at radius 2 is 2.28 bits per heavy atom. The predicted molar refractivity (Wildman–Crippen MR) is 73.9 cm³/mol. The zero-order valence-electron chi connectivity index (χ0n) is 10.2. The van der Waals surface area contributed by atoms with Crippen molar-refractivity contribution in [2.75, 3.05) is 11.9 Å². The number of H-pyrrole nitrogens is 1. The molecular formula is C12H13N5S. The fourth-order valence-electron chi connectivity index (χ4n) is 1.86. The van der Waals surface area contributed by atoms with Crippen molar-refractivity contribution >= 4 is 28.3 Å². The van der Waals surface area contributed by atoms with E-state index in [0.29, 0.717) is 5.95 Å². The molecule has 92 valence electrons. The molecule has 5 nitrogen and oxygen atoms in total. The molecule has 18 heavy (non-hydrogen) atoms. The van der Waals surface area contributed by atoms with Crippen LogP contribution in [0.4, 0.5) is 5.95 Å². The van der Waals surface area contributed by atoms with Crippen LogP contribution in [0, 0.1) is 6.92 Å². The third-order valence-corrected chi connectivity index (χ3v) is 3.51. The molecule has 3 aromatic heterocycles. The summed E-state index contributed by atoms with van der Waals surface area (Å²) < 4.78 is 0. The van der Waals surface area contributed by atoms with Crippen LogP contribution < -0.4 is 5.32 Å². The summed E-state index contributed by atoms with van der Waals surface area (Å²) in [6.07, 6.45) is 1.77. The number of thiophene rings is 1. The van der Waals surface area contributed by atoms with Crippen LogP contribution in [-0.4, -0.2) is 26.7 Å². The lowest BCUT2D eigenvalue weighted by Crippen LogP contribution is -2.03. The maximum atomic E-state index is 4.57. The van der Waals surface area contributed by atoms with E-state index in [1.54, 1.807) is 17.5 Å². The van der Waals surface area contributed by atoms with E-state index in [2.05, 4.69) is 43.9 Å². The number of nitrogens with one attached hydrogen (secondary N) is 2. The lowest BCUT2D eigenvalue weighted by Gasteiger charge is -2.04. The summed E-state index contributed by atoms with van der Waals surface area (Å²) in [5.74, 6) is 0.633. The largest absolute Gasteiger partial charge is 0.354 e. The van der Waals surface area contributed by atoms with Gasteiger partial charge in [-0.05, 0) is 19.9 Å². The van der Waals surface area contributed by atoms with Crippen molar-refractivity contribution in [3.05, 3.63) is 22.5 Å². The molecule has 3 heterocycles. The molecule has 0 aromatic carbocycles. The van der Waals surface area contributed by atoms with Crippen molar-refractivity contribution in [2.45, 2.75) is 13.8 Å². The topological polar surface area (TPSA) is 66.5 Å². The molecule has 0 bridgehead atoms. The Balaban J connectivity index is 2.22. The van der Waals surface area contributed by atoms with E-state index in [9.17, 15) is 0 Å². The second kappa shape index (κ2) is 4.38. The highest BCUT2D eigenvalue weighted by atomic mass is 32.1. The van der Waals surface area contributed by atoms with Crippen LogP contribution in [0.25, 0.3) is 22.3 Å². The van der Waals surface area contributed by atoms with E-state index in [1.807, 2.05) is 6.92 Å². The van der Waals surface area contributed by atoms with Crippen molar-refractivity contribution in [3.63, 3.8) is 0 Å². The number of aromatic amines is 1. The van der Waals surface area contributed by atoms with Gasteiger partial charge in [-0.1, -0.05) is 0 Å². The number of nitrogens with zero attached hydrogens (tertiary/aromatic N) is 3. The molecule has 2 N–H and O–H groups in total. The minimum atomic E-state index is 0.633. The average Bonchev–Trinajstić information content (AvgIpc) is 2.97. The predicted octanol–water partition coefficient (Wildman–Crippen LogP) is 2.82. The van der Waals surface area contributed by atoms with Gasteiger partial charge in [0.15, 0.2) is 5.65 Å². The van der Waals surface area contributed by atoms with E-state index < -0.39 is 0 Å². The van der Waals surface area contributed by atoms with Crippen molar-refractivity contribution in [1.82, 2.24) is 20.2 Å². The number of aryl methyl sites for hydroxylation is 1. The highest BCUT2D eigenvalue weighted by molar-refractivity contribution is 7.10. The molecule has 0 aliphatic rings. The van der Waals surface area contributed by atoms with Crippen LogP contribution in [0.5, 0.6) is 0 Å². The molecule has 0 radical (unpaired) electrons. The van der Waals surface area contributed by atoms with Crippen molar-refractivity contribution in [3.8, 4) is 11.3 Å². The Bertz CT molecular complexity index is 685. The summed E-state index contributed by atoms with van der Waals surface area (Å²) in [6.45, 7) is 4.91.